The van der Waals surface area contributed by atoms with Crippen LogP contribution in [0.2, 0.25) is 0 Å². The predicted molar refractivity (Wildman–Crippen MR) is 145 cm³/mol. The number of rotatable bonds is 8. The molecule has 3 aromatic rings. The first-order valence-corrected chi connectivity index (χ1v) is 13.1. The maximum Gasteiger partial charge on any atom is 0.423 e. The van der Waals surface area contributed by atoms with Crippen LogP contribution in [0, 0.1) is 0 Å². The number of halogens is 3. The van der Waals surface area contributed by atoms with E-state index in [2.05, 4.69) is 25.9 Å². The van der Waals surface area contributed by atoms with Crippen LogP contribution in [0.25, 0.3) is 0 Å². The fourth-order valence-corrected chi connectivity index (χ4v) is 4.91. The number of fused-ring (bicyclic) bond motifs is 1. The summed E-state index contributed by atoms with van der Waals surface area (Å²) >= 11 is 0. The minimum atomic E-state index is -4.82. The van der Waals surface area contributed by atoms with Crippen LogP contribution in [0.15, 0.2) is 42.6 Å². The lowest BCUT2D eigenvalue weighted by atomic mass is 10.0. The van der Waals surface area contributed by atoms with Crippen LogP contribution < -0.4 is 25.4 Å². The van der Waals surface area contributed by atoms with Gasteiger partial charge in [0.1, 0.15) is 17.1 Å². The molecule has 42 heavy (non-hydrogen) atoms. The summed E-state index contributed by atoms with van der Waals surface area (Å²) in [6.45, 7) is 1.68. The number of hydrogen-bond donors (Lipinski definition) is 3. The Morgan fingerprint density at radius 3 is 2.71 bits per heavy atom. The van der Waals surface area contributed by atoms with Crippen LogP contribution in [0.5, 0.6) is 17.4 Å². The topological polar surface area (TPSA) is 127 Å². The van der Waals surface area contributed by atoms with Gasteiger partial charge in [-0.05, 0) is 42.8 Å². The Labute approximate surface area is 239 Å². The van der Waals surface area contributed by atoms with Gasteiger partial charge >= 0.3 is 6.18 Å². The van der Waals surface area contributed by atoms with Crippen molar-refractivity contribution in [2.75, 3.05) is 39.7 Å². The summed E-state index contributed by atoms with van der Waals surface area (Å²) in [5.41, 5.74) is 0.214. The Bertz CT molecular complexity index is 1500. The molecule has 0 spiro atoms. The van der Waals surface area contributed by atoms with E-state index in [4.69, 9.17) is 14.2 Å². The molecule has 2 aliphatic heterocycles. The van der Waals surface area contributed by atoms with Gasteiger partial charge in [-0.15, -0.1) is 0 Å². The number of ether oxygens (including phenoxy) is 3. The van der Waals surface area contributed by atoms with Gasteiger partial charge in [-0.3, -0.25) is 9.59 Å². The van der Waals surface area contributed by atoms with Crippen molar-refractivity contribution in [3.05, 3.63) is 64.8 Å². The Hall–Kier alpha value is -4.43. The first kappa shape index (κ1) is 29.1. The molecular formula is C28H29F3N6O5. The van der Waals surface area contributed by atoms with Gasteiger partial charge in [-0.1, -0.05) is 12.1 Å². The SMILES string of the molecule is COc1cc(C(=O)N[C@@H]2CCNC[C@H]2OC)ccc1Nc1ncc(C(F)(F)F)c(Oc2cccc3c2C(=O)N(C)C3)n1. The van der Waals surface area contributed by atoms with E-state index < -0.39 is 17.6 Å². The number of aromatic nitrogens is 2. The second-order valence-corrected chi connectivity index (χ2v) is 9.85. The molecule has 0 saturated carbocycles. The van der Waals surface area contributed by atoms with Crippen molar-refractivity contribution in [2.45, 2.75) is 31.3 Å². The van der Waals surface area contributed by atoms with Gasteiger partial charge in [-0.25, -0.2) is 4.98 Å². The second kappa shape index (κ2) is 11.8. The van der Waals surface area contributed by atoms with E-state index in [1.54, 1.807) is 32.4 Å². The Kier molecular flexibility index (Phi) is 8.18. The number of benzene rings is 2. The highest BCUT2D eigenvalue weighted by Crippen LogP contribution is 2.40. The molecule has 0 bridgehead atoms. The normalized spacial score (nSPS) is 18.4. The molecule has 3 heterocycles. The van der Waals surface area contributed by atoms with Crippen LogP contribution in [0.4, 0.5) is 24.8 Å². The molecule has 14 heteroatoms. The van der Waals surface area contributed by atoms with Gasteiger partial charge in [0, 0.05) is 39.0 Å². The molecule has 0 radical (unpaired) electrons. The zero-order chi connectivity index (χ0) is 30.0. The summed E-state index contributed by atoms with van der Waals surface area (Å²) in [6, 6.07) is 9.11. The van der Waals surface area contributed by atoms with Crippen molar-refractivity contribution in [1.82, 2.24) is 25.5 Å². The smallest absolute Gasteiger partial charge is 0.423 e. The fourth-order valence-electron chi connectivity index (χ4n) is 4.91. The van der Waals surface area contributed by atoms with E-state index in [0.717, 1.165) is 6.54 Å². The molecule has 222 valence electrons. The summed E-state index contributed by atoms with van der Waals surface area (Å²) in [5, 5.41) is 9.02. The third-order valence-corrected chi connectivity index (χ3v) is 7.10. The van der Waals surface area contributed by atoms with E-state index >= 15 is 0 Å². The monoisotopic (exact) mass is 586 g/mol. The number of piperidine rings is 1. The molecule has 1 fully saturated rings. The third kappa shape index (κ3) is 5.94. The van der Waals surface area contributed by atoms with Crippen molar-refractivity contribution in [2.24, 2.45) is 0 Å². The third-order valence-electron chi connectivity index (χ3n) is 7.10. The van der Waals surface area contributed by atoms with Crippen LogP contribution >= 0.6 is 0 Å². The molecule has 5 rings (SSSR count). The maximum absolute atomic E-state index is 13.9. The number of carbonyl (C=O) groups excluding carboxylic acids is 2. The van der Waals surface area contributed by atoms with Gasteiger partial charge in [-0.2, -0.15) is 18.2 Å². The number of alkyl halides is 3. The van der Waals surface area contributed by atoms with Gasteiger partial charge in [0.05, 0.1) is 30.5 Å². The van der Waals surface area contributed by atoms with Gasteiger partial charge in [0.15, 0.2) is 0 Å². The molecule has 0 aliphatic carbocycles. The van der Waals surface area contributed by atoms with Crippen molar-refractivity contribution < 1.29 is 37.0 Å². The zero-order valence-electron chi connectivity index (χ0n) is 23.0. The van der Waals surface area contributed by atoms with Crippen LogP contribution in [0.1, 0.15) is 38.3 Å². The lowest BCUT2D eigenvalue weighted by Gasteiger charge is -2.31. The van der Waals surface area contributed by atoms with E-state index in [9.17, 15) is 22.8 Å². The molecule has 2 aliphatic rings. The number of anilines is 2. The van der Waals surface area contributed by atoms with Gasteiger partial charge < -0.3 is 35.1 Å². The average Bonchev–Trinajstić information content (AvgIpc) is 3.26. The number of methoxy groups -OCH3 is 2. The predicted octanol–water partition coefficient (Wildman–Crippen LogP) is 3.73. The molecule has 2 aromatic carbocycles. The summed E-state index contributed by atoms with van der Waals surface area (Å²) in [5.74, 6) is -1.51. The highest BCUT2D eigenvalue weighted by Gasteiger charge is 2.37. The Morgan fingerprint density at radius 2 is 1.98 bits per heavy atom. The lowest BCUT2D eigenvalue weighted by Crippen LogP contribution is -2.53. The highest BCUT2D eigenvalue weighted by molar-refractivity contribution is 6.01. The first-order chi connectivity index (χ1) is 20.1. The number of amides is 2. The molecule has 0 unspecified atom stereocenters. The lowest BCUT2D eigenvalue weighted by molar-refractivity contribution is -0.139. The van der Waals surface area contributed by atoms with Crippen molar-refractivity contribution in [3.8, 4) is 17.4 Å². The molecule has 11 nitrogen and oxygen atoms in total. The van der Waals surface area contributed by atoms with Crippen LogP contribution in [-0.2, 0) is 17.5 Å². The van der Waals surface area contributed by atoms with Crippen LogP contribution in [0.3, 0.4) is 0 Å². The van der Waals surface area contributed by atoms with Crippen molar-refractivity contribution in [3.63, 3.8) is 0 Å². The quantitative estimate of drug-likeness (QED) is 0.362. The van der Waals surface area contributed by atoms with Gasteiger partial charge in [0.25, 0.3) is 11.8 Å². The summed E-state index contributed by atoms with van der Waals surface area (Å²) in [6.07, 6.45) is -3.70. The van der Waals surface area contributed by atoms with Crippen molar-refractivity contribution in [1.29, 1.82) is 0 Å². The van der Waals surface area contributed by atoms with Gasteiger partial charge in [0.2, 0.25) is 11.8 Å². The summed E-state index contributed by atoms with van der Waals surface area (Å²) in [7, 11) is 4.57. The fraction of sp³-hybridized carbons (Fsp3) is 0.357. The first-order valence-electron chi connectivity index (χ1n) is 13.1. The molecule has 1 aromatic heterocycles. The minimum absolute atomic E-state index is 0.0468. The molecule has 2 amide bonds. The Balaban J connectivity index is 1.40. The zero-order valence-corrected chi connectivity index (χ0v) is 23.0. The minimum Gasteiger partial charge on any atom is -0.495 e. The van der Waals surface area contributed by atoms with E-state index in [0.29, 0.717) is 42.5 Å². The van der Waals surface area contributed by atoms with E-state index in [1.165, 1.54) is 30.2 Å². The Morgan fingerprint density at radius 1 is 1.17 bits per heavy atom. The van der Waals surface area contributed by atoms with E-state index in [-0.39, 0.29) is 47.0 Å². The van der Waals surface area contributed by atoms with Crippen molar-refractivity contribution >= 4 is 23.5 Å². The van der Waals surface area contributed by atoms with E-state index in [1.807, 2.05) is 0 Å². The maximum atomic E-state index is 13.9. The summed E-state index contributed by atoms with van der Waals surface area (Å²) < 4.78 is 58.1. The number of nitrogens with zero attached hydrogens (tertiary/aromatic N) is 3. The molecule has 1 saturated heterocycles. The van der Waals surface area contributed by atoms with Crippen LogP contribution in [-0.4, -0.2) is 73.2 Å². The molecular weight excluding hydrogens is 557 g/mol. The second-order valence-electron chi connectivity index (χ2n) is 9.85. The molecule has 2 atom stereocenters. The summed E-state index contributed by atoms with van der Waals surface area (Å²) in [4.78, 5) is 34.8. The standard InChI is InChI=1S/C28H29F3N6O5/c1-37-14-16-5-4-6-20(23(16)26(37)39)42-25-17(28(29,30)31)12-33-27(36-25)35-18-8-7-15(11-21(18)40-2)24(38)34-19-9-10-32-13-22(19)41-3/h4-8,11-12,19,22,32H,9-10,13-14H2,1-3H3,(H,34,38)(H,33,35,36)/t19-,22-/m1/s1. The number of nitrogens with one attached hydrogen (secondary N) is 3. The average molecular weight is 587 g/mol. The number of hydrogen-bond acceptors (Lipinski definition) is 9. The molecule has 3 N–H and O–H groups in total. The largest absolute Gasteiger partial charge is 0.495 e. The highest BCUT2D eigenvalue weighted by atomic mass is 19.4. The number of carbonyl (C=O) groups is 2.